The van der Waals surface area contributed by atoms with Crippen molar-refractivity contribution in [3.05, 3.63) is 77.2 Å². The van der Waals surface area contributed by atoms with Crippen LogP contribution in [0.5, 0.6) is 0 Å². The molecule has 0 saturated heterocycles. The third-order valence-electron chi connectivity index (χ3n) is 5.12. The predicted octanol–water partition coefficient (Wildman–Crippen LogP) is 3.13. The molecule has 2 amide bonds. The molecule has 0 unspecified atom stereocenters. The van der Waals surface area contributed by atoms with Gasteiger partial charge in [0.05, 0.1) is 27.9 Å². The Labute approximate surface area is 170 Å². The highest BCUT2D eigenvalue weighted by Gasteiger charge is 2.40. The van der Waals surface area contributed by atoms with Gasteiger partial charge in [0, 0.05) is 18.0 Å². The summed E-state index contributed by atoms with van der Waals surface area (Å²) in [5.41, 5.74) is 2.45. The Kier molecular flexibility index (Phi) is 3.82. The average molecular weight is 397 g/mol. The molecule has 146 valence electrons. The van der Waals surface area contributed by atoms with E-state index >= 15 is 0 Å². The van der Waals surface area contributed by atoms with Gasteiger partial charge in [0.2, 0.25) is 0 Å². The minimum absolute atomic E-state index is 0.0904. The van der Waals surface area contributed by atoms with Crippen molar-refractivity contribution >= 4 is 34.3 Å². The molecule has 5 rings (SSSR count). The van der Waals surface area contributed by atoms with E-state index in [1.165, 1.54) is 13.1 Å². The number of benzene rings is 1. The number of pyridine rings is 2. The number of aryl methyl sites for hydroxylation is 1. The Morgan fingerprint density at radius 1 is 0.967 bits per heavy atom. The fourth-order valence-corrected chi connectivity index (χ4v) is 3.68. The van der Waals surface area contributed by atoms with Crippen molar-refractivity contribution < 1.29 is 14.4 Å². The number of rotatable bonds is 3. The second-order valence-electron chi connectivity index (χ2n) is 6.98. The van der Waals surface area contributed by atoms with Crippen LogP contribution in [0.15, 0.2) is 54.9 Å². The molecular formula is C22H15N5O3. The number of carbonyl (C=O) groups excluding carboxylic acids is 3. The van der Waals surface area contributed by atoms with Gasteiger partial charge in [-0.2, -0.15) is 9.78 Å². The van der Waals surface area contributed by atoms with Crippen LogP contribution < -0.4 is 4.90 Å². The summed E-state index contributed by atoms with van der Waals surface area (Å²) >= 11 is 0. The molecule has 1 aromatic carbocycles. The Balaban J connectivity index is 1.66. The summed E-state index contributed by atoms with van der Waals surface area (Å²) in [6.07, 6.45) is 3.05. The van der Waals surface area contributed by atoms with Crippen LogP contribution in [-0.2, 0) is 0 Å². The van der Waals surface area contributed by atoms with Crippen molar-refractivity contribution in [3.8, 4) is 5.82 Å². The molecule has 1 aliphatic heterocycles. The number of aromatic nitrogens is 4. The summed E-state index contributed by atoms with van der Waals surface area (Å²) in [5.74, 6) is -0.421. The van der Waals surface area contributed by atoms with E-state index in [9.17, 15) is 14.4 Å². The lowest BCUT2D eigenvalue weighted by molar-refractivity contribution is 0.0925. The number of nitrogens with zero attached hydrogens (tertiary/aromatic N) is 5. The van der Waals surface area contributed by atoms with Crippen LogP contribution >= 0.6 is 0 Å². The smallest absolute Gasteiger partial charge is 0.267 e. The highest BCUT2D eigenvalue weighted by Crippen LogP contribution is 2.34. The van der Waals surface area contributed by atoms with Gasteiger partial charge in [-0.15, -0.1) is 0 Å². The van der Waals surface area contributed by atoms with Crippen LogP contribution in [0.2, 0.25) is 0 Å². The molecule has 0 N–H and O–H groups in total. The van der Waals surface area contributed by atoms with Crippen molar-refractivity contribution in [3.63, 3.8) is 0 Å². The summed E-state index contributed by atoms with van der Waals surface area (Å²) in [7, 11) is 0. The quantitative estimate of drug-likeness (QED) is 0.389. The summed E-state index contributed by atoms with van der Waals surface area (Å²) in [6, 6.07) is 11.8. The van der Waals surface area contributed by atoms with Gasteiger partial charge < -0.3 is 0 Å². The van der Waals surface area contributed by atoms with E-state index in [-0.39, 0.29) is 16.9 Å². The van der Waals surface area contributed by atoms with Gasteiger partial charge in [0.15, 0.2) is 17.2 Å². The first-order valence-corrected chi connectivity index (χ1v) is 9.27. The molecule has 8 heteroatoms. The van der Waals surface area contributed by atoms with Crippen LogP contribution in [0.4, 0.5) is 5.69 Å². The van der Waals surface area contributed by atoms with E-state index in [1.807, 2.05) is 6.07 Å². The number of Topliss-reactive ketones (excluding diaryl/α,β-unsaturated/α-hetero) is 1. The van der Waals surface area contributed by atoms with Crippen molar-refractivity contribution in [2.75, 3.05) is 4.90 Å². The van der Waals surface area contributed by atoms with E-state index in [4.69, 9.17) is 0 Å². The second kappa shape index (κ2) is 6.41. The zero-order valence-electron chi connectivity index (χ0n) is 16.2. The summed E-state index contributed by atoms with van der Waals surface area (Å²) in [5, 5.41) is 5.03. The molecule has 3 aromatic heterocycles. The molecule has 0 spiro atoms. The Morgan fingerprint density at radius 3 is 2.40 bits per heavy atom. The van der Waals surface area contributed by atoms with Gasteiger partial charge in [0.1, 0.15) is 0 Å². The number of ketones is 1. The minimum Gasteiger partial charge on any atom is -0.295 e. The van der Waals surface area contributed by atoms with Gasteiger partial charge >= 0.3 is 0 Å². The Bertz CT molecular complexity index is 1360. The van der Waals surface area contributed by atoms with E-state index < -0.39 is 11.8 Å². The highest BCUT2D eigenvalue weighted by molar-refractivity contribution is 6.37. The van der Waals surface area contributed by atoms with E-state index in [2.05, 4.69) is 15.1 Å². The SMILES string of the molecule is CC(=O)c1ccc(N2C(=O)c3cnc4c(c(C)nn4-c4ccccn4)c3C2=O)cc1. The number of hydrogen-bond donors (Lipinski definition) is 0. The molecule has 30 heavy (non-hydrogen) atoms. The number of imide groups is 1. The third kappa shape index (κ3) is 2.47. The first-order valence-electron chi connectivity index (χ1n) is 9.27. The van der Waals surface area contributed by atoms with Gasteiger partial charge in [-0.3, -0.25) is 14.4 Å². The van der Waals surface area contributed by atoms with Crippen molar-refractivity contribution in [1.29, 1.82) is 0 Å². The van der Waals surface area contributed by atoms with Crippen molar-refractivity contribution in [2.24, 2.45) is 0 Å². The number of fused-ring (bicyclic) bond motifs is 3. The van der Waals surface area contributed by atoms with Crippen molar-refractivity contribution in [2.45, 2.75) is 13.8 Å². The normalized spacial score (nSPS) is 13.2. The maximum absolute atomic E-state index is 13.3. The fraction of sp³-hybridized carbons (Fsp3) is 0.0909. The molecule has 0 saturated carbocycles. The molecule has 0 bridgehead atoms. The first kappa shape index (κ1) is 17.9. The number of amides is 2. The monoisotopic (exact) mass is 397 g/mol. The van der Waals surface area contributed by atoms with Crippen LogP contribution in [0.3, 0.4) is 0 Å². The summed E-state index contributed by atoms with van der Waals surface area (Å²) in [6.45, 7) is 3.23. The topological polar surface area (TPSA) is 98.1 Å². The molecular weight excluding hydrogens is 382 g/mol. The number of anilines is 1. The average Bonchev–Trinajstić information content (AvgIpc) is 3.23. The van der Waals surface area contributed by atoms with Crippen LogP contribution in [0.1, 0.15) is 43.7 Å². The fourth-order valence-electron chi connectivity index (χ4n) is 3.68. The predicted molar refractivity (Wildman–Crippen MR) is 109 cm³/mol. The molecule has 4 heterocycles. The van der Waals surface area contributed by atoms with E-state index in [0.29, 0.717) is 33.8 Å². The third-order valence-corrected chi connectivity index (χ3v) is 5.12. The Morgan fingerprint density at radius 2 is 1.73 bits per heavy atom. The van der Waals surface area contributed by atoms with Crippen molar-refractivity contribution in [1.82, 2.24) is 19.7 Å². The van der Waals surface area contributed by atoms with E-state index in [1.54, 1.807) is 54.2 Å². The number of hydrogen-bond acceptors (Lipinski definition) is 6. The molecule has 0 fully saturated rings. The Hall–Kier alpha value is -4.20. The molecule has 4 aromatic rings. The van der Waals surface area contributed by atoms with Gasteiger partial charge in [-0.05, 0) is 50.2 Å². The summed E-state index contributed by atoms with van der Waals surface area (Å²) < 4.78 is 1.56. The maximum Gasteiger partial charge on any atom is 0.267 e. The molecule has 0 radical (unpaired) electrons. The zero-order chi connectivity index (χ0) is 21.0. The lowest BCUT2D eigenvalue weighted by Crippen LogP contribution is -2.29. The first-order chi connectivity index (χ1) is 14.5. The molecule has 8 nitrogen and oxygen atoms in total. The van der Waals surface area contributed by atoms with Gasteiger partial charge in [-0.1, -0.05) is 6.07 Å². The lowest BCUT2D eigenvalue weighted by Gasteiger charge is -2.14. The lowest BCUT2D eigenvalue weighted by atomic mass is 10.1. The highest BCUT2D eigenvalue weighted by atomic mass is 16.2. The molecule has 0 aliphatic carbocycles. The van der Waals surface area contributed by atoms with Crippen LogP contribution in [-0.4, -0.2) is 37.3 Å². The largest absolute Gasteiger partial charge is 0.295 e. The molecule has 0 atom stereocenters. The van der Waals surface area contributed by atoms with E-state index in [0.717, 1.165) is 4.90 Å². The standard InChI is InChI=1S/C22H15N5O3/c1-12-18-19-16(11-24-20(18)27(25-12)17-5-3-4-10-23-17)21(29)26(22(19)30)15-8-6-14(7-9-15)13(2)28/h3-11H,1-2H3. The minimum atomic E-state index is -0.454. The number of carbonyl (C=O) groups is 3. The van der Waals surface area contributed by atoms with Crippen LogP contribution in [0, 0.1) is 6.92 Å². The second-order valence-corrected chi connectivity index (χ2v) is 6.98. The molecule has 1 aliphatic rings. The zero-order valence-corrected chi connectivity index (χ0v) is 16.2. The maximum atomic E-state index is 13.3. The van der Waals surface area contributed by atoms with Gasteiger partial charge in [-0.25, -0.2) is 14.9 Å². The summed E-state index contributed by atoms with van der Waals surface area (Å²) in [4.78, 5) is 47.6. The van der Waals surface area contributed by atoms with Gasteiger partial charge in [0.25, 0.3) is 11.8 Å². The van der Waals surface area contributed by atoms with Crippen LogP contribution in [0.25, 0.3) is 16.9 Å².